The van der Waals surface area contributed by atoms with Gasteiger partial charge in [0.05, 0.1) is 12.0 Å². The molecule has 0 aromatic heterocycles. The number of nitrogens with one attached hydrogen (secondary N) is 1. The summed E-state index contributed by atoms with van der Waals surface area (Å²) in [5.41, 5.74) is 0.858. The number of hydrogen-bond donors (Lipinski definition) is 2. The van der Waals surface area contributed by atoms with Crippen LogP contribution in [-0.4, -0.2) is 27.5 Å². The van der Waals surface area contributed by atoms with Crippen LogP contribution in [0.15, 0.2) is 29.2 Å². The Balaban J connectivity index is 2.88. The highest BCUT2D eigenvalue weighted by molar-refractivity contribution is 7.89. The molecule has 1 unspecified atom stereocenters. The molecule has 1 rings (SSSR count). The molecule has 6 nitrogen and oxygen atoms in total. The zero-order chi connectivity index (χ0) is 16.2. The average Bonchev–Trinajstić information content (AvgIpc) is 2.42. The highest BCUT2D eigenvalue weighted by Crippen LogP contribution is 2.18. The number of methoxy groups -OCH3 is 1. The molecule has 0 saturated heterocycles. The SMILES string of the molecule is COC(=O)[C@@H](NC(C)c1ccc(S(N)(=O)=O)cc1)C(C)C. The molecular formula is C14H22N2O4S. The van der Waals surface area contributed by atoms with Crippen molar-refractivity contribution < 1.29 is 17.9 Å². The summed E-state index contributed by atoms with van der Waals surface area (Å²) in [5.74, 6) is -0.249. The first-order valence-electron chi connectivity index (χ1n) is 6.63. The van der Waals surface area contributed by atoms with Crippen LogP contribution in [0.3, 0.4) is 0 Å². The summed E-state index contributed by atoms with van der Waals surface area (Å²) in [6.45, 7) is 5.74. The van der Waals surface area contributed by atoms with Crippen LogP contribution in [-0.2, 0) is 19.6 Å². The van der Waals surface area contributed by atoms with E-state index in [9.17, 15) is 13.2 Å². The molecule has 0 bridgehead atoms. The van der Waals surface area contributed by atoms with E-state index in [-0.39, 0.29) is 22.8 Å². The number of ether oxygens (including phenoxy) is 1. The van der Waals surface area contributed by atoms with Gasteiger partial charge in [-0.15, -0.1) is 0 Å². The minimum Gasteiger partial charge on any atom is -0.468 e. The van der Waals surface area contributed by atoms with Crippen LogP contribution in [0.25, 0.3) is 0 Å². The largest absolute Gasteiger partial charge is 0.468 e. The van der Waals surface area contributed by atoms with E-state index >= 15 is 0 Å². The fourth-order valence-corrected chi connectivity index (χ4v) is 2.49. The van der Waals surface area contributed by atoms with E-state index < -0.39 is 16.1 Å². The third-order valence-corrected chi connectivity index (χ3v) is 4.19. The molecule has 0 spiro atoms. The number of benzene rings is 1. The summed E-state index contributed by atoms with van der Waals surface area (Å²) >= 11 is 0. The van der Waals surface area contributed by atoms with E-state index in [0.717, 1.165) is 5.56 Å². The quantitative estimate of drug-likeness (QED) is 0.768. The lowest BCUT2D eigenvalue weighted by Gasteiger charge is -2.24. The highest BCUT2D eigenvalue weighted by atomic mass is 32.2. The smallest absolute Gasteiger partial charge is 0.323 e. The third kappa shape index (κ3) is 4.80. The molecule has 0 fully saturated rings. The number of carbonyl (C=O) groups is 1. The van der Waals surface area contributed by atoms with Gasteiger partial charge in [0.15, 0.2) is 0 Å². The average molecular weight is 314 g/mol. The predicted molar refractivity (Wildman–Crippen MR) is 80.0 cm³/mol. The van der Waals surface area contributed by atoms with Gasteiger partial charge in [-0.1, -0.05) is 26.0 Å². The summed E-state index contributed by atoms with van der Waals surface area (Å²) in [6.07, 6.45) is 0. The maximum Gasteiger partial charge on any atom is 0.323 e. The highest BCUT2D eigenvalue weighted by Gasteiger charge is 2.24. The van der Waals surface area contributed by atoms with Crippen molar-refractivity contribution in [2.75, 3.05) is 7.11 Å². The summed E-state index contributed by atoms with van der Waals surface area (Å²) in [5, 5.41) is 8.24. The number of esters is 1. The van der Waals surface area contributed by atoms with Gasteiger partial charge in [-0.2, -0.15) is 0 Å². The standard InChI is InChI=1S/C14H22N2O4S/c1-9(2)13(14(17)20-4)16-10(3)11-5-7-12(8-6-11)21(15,18)19/h5-10,13,16H,1-4H3,(H2,15,18,19)/t10?,13-/m0/s1. The van der Waals surface area contributed by atoms with Gasteiger partial charge in [-0.05, 0) is 30.5 Å². The first-order valence-corrected chi connectivity index (χ1v) is 8.18. The van der Waals surface area contributed by atoms with Crippen molar-refractivity contribution in [1.82, 2.24) is 5.32 Å². The van der Waals surface area contributed by atoms with E-state index in [1.165, 1.54) is 19.2 Å². The minimum atomic E-state index is -3.69. The molecule has 0 aliphatic heterocycles. The molecule has 0 aliphatic rings. The van der Waals surface area contributed by atoms with Gasteiger partial charge in [0.25, 0.3) is 0 Å². The Morgan fingerprint density at radius 1 is 1.19 bits per heavy atom. The lowest BCUT2D eigenvalue weighted by Crippen LogP contribution is -2.42. The Morgan fingerprint density at radius 2 is 1.71 bits per heavy atom. The summed E-state index contributed by atoms with van der Waals surface area (Å²) in [6, 6.07) is 5.68. The van der Waals surface area contributed by atoms with E-state index in [2.05, 4.69) is 5.32 Å². The zero-order valence-electron chi connectivity index (χ0n) is 12.7. The topological polar surface area (TPSA) is 98.5 Å². The molecule has 7 heteroatoms. The summed E-state index contributed by atoms with van der Waals surface area (Å²) in [4.78, 5) is 11.8. The Morgan fingerprint density at radius 3 is 2.10 bits per heavy atom. The van der Waals surface area contributed by atoms with Gasteiger partial charge in [-0.25, -0.2) is 13.6 Å². The lowest BCUT2D eigenvalue weighted by atomic mass is 10.0. The van der Waals surface area contributed by atoms with Crippen LogP contribution < -0.4 is 10.5 Å². The van der Waals surface area contributed by atoms with Crippen molar-refractivity contribution in [2.24, 2.45) is 11.1 Å². The fraction of sp³-hybridized carbons (Fsp3) is 0.500. The molecule has 21 heavy (non-hydrogen) atoms. The summed E-state index contributed by atoms with van der Waals surface area (Å²) in [7, 11) is -2.34. The molecule has 0 saturated carbocycles. The van der Waals surface area contributed by atoms with Crippen LogP contribution in [0.2, 0.25) is 0 Å². The van der Waals surface area contributed by atoms with Crippen molar-refractivity contribution in [1.29, 1.82) is 0 Å². The second kappa shape index (κ2) is 7.02. The maximum atomic E-state index is 11.7. The maximum absolute atomic E-state index is 11.7. The predicted octanol–water partition coefficient (Wildman–Crippen LogP) is 1.18. The zero-order valence-corrected chi connectivity index (χ0v) is 13.5. The fourth-order valence-electron chi connectivity index (χ4n) is 1.97. The number of nitrogens with two attached hydrogens (primary N) is 1. The van der Waals surface area contributed by atoms with Crippen molar-refractivity contribution in [3.8, 4) is 0 Å². The molecule has 1 aromatic carbocycles. The molecule has 0 heterocycles. The van der Waals surface area contributed by atoms with Crippen molar-refractivity contribution in [3.63, 3.8) is 0 Å². The van der Waals surface area contributed by atoms with Crippen LogP contribution >= 0.6 is 0 Å². The minimum absolute atomic E-state index is 0.0619. The van der Waals surface area contributed by atoms with E-state index in [1.54, 1.807) is 12.1 Å². The number of primary sulfonamides is 1. The van der Waals surface area contributed by atoms with Gasteiger partial charge < -0.3 is 4.74 Å². The number of sulfonamides is 1. The monoisotopic (exact) mass is 314 g/mol. The van der Waals surface area contributed by atoms with Gasteiger partial charge >= 0.3 is 5.97 Å². The number of hydrogen-bond acceptors (Lipinski definition) is 5. The Hall–Kier alpha value is -1.44. The first kappa shape index (κ1) is 17.6. The molecule has 0 radical (unpaired) electrons. The van der Waals surface area contributed by atoms with E-state index in [4.69, 9.17) is 9.88 Å². The number of rotatable bonds is 6. The van der Waals surface area contributed by atoms with Crippen LogP contribution in [0.5, 0.6) is 0 Å². The van der Waals surface area contributed by atoms with Crippen molar-refractivity contribution in [3.05, 3.63) is 29.8 Å². The first-order chi connectivity index (χ1) is 9.66. The van der Waals surface area contributed by atoms with Crippen molar-refractivity contribution >= 4 is 16.0 Å². The number of carbonyl (C=O) groups excluding carboxylic acids is 1. The second-order valence-electron chi connectivity index (χ2n) is 5.25. The Kier molecular flexibility index (Phi) is 5.88. The van der Waals surface area contributed by atoms with Crippen LogP contribution in [0.1, 0.15) is 32.4 Å². The van der Waals surface area contributed by atoms with E-state index in [0.29, 0.717) is 0 Å². The molecule has 118 valence electrons. The normalized spacial score (nSPS) is 14.8. The molecule has 1 aromatic rings. The van der Waals surface area contributed by atoms with E-state index in [1.807, 2.05) is 20.8 Å². The Labute approximate surface area is 125 Å². The second-order valence-corrected chi connectivity index (χ2v) is 6.81. The van der Waals surface area contributed by atoms with Gasteiger partial charge in [0.2, 0.25) is 10.0 Å². The van der Waals surface area contributed by atoms with Crippen LogP contribution in [0.4, 0.5) is 0 Å². The van der Waals surface area contributed by atoms with Crippen molar-refractivity contribution in [2.45, 2.75) is 37.8 Å². The lowest BCUT2D eigenvalue weighted by molar-refractivity contribution is -0.144. The molecule has 0 amide bonds. The molecular weight excluding hydrogens is 292 g/mol. The molecule has 3 N–H and O–H groups in total. The van der Waals surface area contributed by atoms with Gasteiger partial charge in [0, 0.05) is 6.04 Å². The molecule has 2 atom stereocenters. The third-order valence-electron chi connectivity index (χ3n) is 3.26. The van der Waals surface area contributed by atoms with Gasteiger partial charge in [-0.3, -0.25) is 10.1 Å². The van der Waals surface area contributed by atoms with Gasteiger partial charge in [0.1, 0.15) is 6.04 Å². The molecule has 0 aliphatic carbocycles. The Bertz CT molecular complexity index is 581. The van der Waals surface area contributed by atoms with Crippen LogP contribution in [0, 0.1) is 5.92 Å². The summed E-state index contributed by atoms with van der Waals surface area (Å²) < 4.78 is 27.2.